The van der Waals surface area contributed by atoms with Crippen LogP contribution in [0, 0.1) is 0 Å². The Labute approximate surface area is 197 Å². The Kier molecular flexibility index (Phi) is 12.9. The highest BCUT2D eigenvalue weighted by molar-refractivity contribution is 14.0. The minimum Gasteiger partial charge on any atom is -0.453 e. The standard InChI is InChI=1S/C18H35N5O5S.HI/c1-3-19-17(22-15-7-10-23(11-8-15)18(24)27-2)20-9-13-29(25,26)21-14-16-6-4-5-12-28-16;/h15-16,21H,3-14H2,1-2H3,(H2,19,20,22);1H. The van der Waals surface area contributed by atoms with Crippen molar-refractivity contribution in [2.24, 2.45) is 4.99 Å². The number of halogens is 1. The zero-order valence-corrected chi connectivity index (χ0v) is 21.0. The maximum Gasteiger partial charge on any atom is 0.409 e. The molecule has 0 aromatic heterocycles. The average Bonchev–Trinajstić information content (AvgIpc) is 2.73. The normalized spacial score (nSPS) is 20.9. The van der Waals surface area contributed by atoms with Crippen LogP contribution in [-0.4, -0.2) is 89.7 Å². The number of guanidine groups is 1. The summed E-state index contributed by atoms with van der Waals surface area (Å²) in [5.74, 6) is 0.520. The quantitative estimate of drug-likeness (QED) is 0.229. The smallest absolute Gasteiger partial charge is 0.409 e. The van der Waals surface area contributed by atoms with Crippen molar-refractivity contribution in [1.29, 1.82) is 0 Å². The predicted molar refractivity (Wildman–Crippen MR) is 127 cm³/mol. The number of nitrogens with zero attached hydrogens (tertiary/aromatic N) is 2. The van der Waals surface area contributed by atoms with Crippen LogP contribution in [0.3, 0.4) is 0 Å². The Bertz CT molecular complexity index is 635. The van der Waals surface area contributed by atoms with Gasteiger partial charge < -0.3 is 25.0 Å². The summed E-state index contributed by atoms with van der Waals surface area (Å²) in [6.07, 6.45) is 4.23. The number of hydrogen-bond acceptors (Lipinski definition) is 6. The Hall–Kier alpha value is -0.860. The van der Waals surface area contributed by atoms with Crippen LogP contribution < -0.4 is 15.4 Å². The molecule has 2 heterocycles. The lowest BCUT2D eigenvalue weighted by Gasteiger charge is -2.32. The molecule has 2 aliphatic rings. The van der Waals surface area contributed by atoms with Gasteiger partial charge >= 0.3 is 6.09 Å². The second kappa shape index (κ2) is 14.2. The highest BCUT2D eigenvalue weighted by atomic mass is 127. The fourth-order valence-corrected chi connectivity index (χ4v) is 4.30. The number of piperidine rings is 1. The highest BCUT2D eigenvalue weighted by Crippen LogP contribution is 2.12. The molecule has 2 aliphatic heterocycles. The Balaban J connectivity index is 0.00000450. The van der Waals surface area contributed by atoms with Crippen molar-refractivity contribution in [3.8, 4) is 0 Å². The molecule has 0 aliphatic carbocycles. The number of likely N-dealkylation sites (tertiary alicyclic amines) is 1. The van der Waals surface area contributed by atoms with E-state index >= 15 is 0 Å². The minimum absolute atomic E-state index is 0. The molecule has 0 saturated carbocycles. The molecule has 0 spiro atoms. The predicted octanol–water partition coefficient (Wildman–Crippen LogP) is 0.879. The first-order valence-corrected chi connectivity index (χ1v) is 12.1. The van der Waals surface area contributed by atoms with Gasteiger partial charge in [-0.2, -0.15) is 0 Å². The number of rotatable bonds is 8. The molecule has 1 atom stereocenters. The van der Waals surface area contributed by atoms with Crippen LogP contribution in [-0.2, 0) is 19.5 Å². The average molecular weight is 561 g/mol. The fraction of sp³-hybridized carbons (Fsp3) is 0.889. The third-order valence-electron chi connectivity index (χ3n) is 5.05. The van der Waals surface area contributed by atoms with E-state index < -0.39 is 10.0 Å². The Morgan fingerprint density at radius 3 is 2.57 bits per heavy atom. The van der Waals surface area contributed by atoms with Gasteiger partial charge in [-0.25, -0.2) is 17.9 Å². The van der Waals surface area contributed by atoms with Crippen molar-refractivity contribution in [2.75, 3.05) is 52.2 Å². The first-order valence-electron chi connectivity index (χ1n) is 10.4. The summed E-state index contributed by atoms with van der Waals surface area (Å²) < 4.78 is 37.3. The minimum atomic E-state index is -3.40. The van der Waals surface area contributed by atoms with Crippen LogP contribution in [0.4, 0.5) is 4.79 Å². The summed E-state index contributed by atoms with van der Waals surface area (Å²) in [5.41, 5.74) is 0. The van der Waals surface area contributed by atoms with E-state index in [9.17, 15) is 13.2 Å². The van der Waals surface area contributed by atoms with Crippen molar-refractivity contribution in [3.63, 3.8) is 0 Å². The van der Waals surface area contributed by atoms with Crippen molar-refractivity contribution in [1.82, 2.24) is 20.3 Å². The molecule has 1 amide bonds. The maximum absolute atomic E-state index is 12.2. The van der Waals surface area contributed by atoms with Gasteiger partial charge in [0.25, 0.3) is 0 Å². The number of carbonyl (C=O) groups excluding carboxylic acids is 1. The van der Waals surface area contributed by atoms with Crippen LogP contribution in [0.15, 0.2) is 4.99 Å². The van der Waals surface area contributed by atoms with Gasteiger partial charge in [0.2, 0.25) is 10.0 Å². The molecule has 3 N–H and O–H groups in total. The zero-order chi connectivity index (χ0) is 21.1. The van der Waals surface area contributed by atoms with E-state index in [1.54, 1.807) is 4.90 Å². The molecular formula is C18H36IN5O5S. The molecule has 30 heavy (non-hydrogen) atoms. The summed E-state index contributed by atoms with van der Waals surface area (Å²) in [6.45, 7) is 5.06. The third kappa shape index (κ3) is 9.96. The number of ether oxygens (including phenoxy) is 2. The molecule has 2 fully saturated rings. The van der Waals surface area contributed by atoms with Gasteiger partial charge in [0.05, 0.1) is 25.5 Å². The summed E-state index contributed by atoms with van der Waals surface area (Å²) in [4.78, 5) is 17.6. The summed E-state index contributed by atoms with van der Waals surface area (Å²) >= 11 is 0. The van der Waals surface area contributed by atoms with Crippen molar-refractivity contribution in [3.05, 3.63) is 0 Å². The Morgan fingerprint density at radius 1 is 1.23 bits per heavy atom. The lowest BCUT2D eigenvalue weighted by Crippen LogP contribution is -2.50. The van der Waals surface area contributed by atoms with Gasteiger partial charge in [-0.05, 0) is 39.0 Å². The summed E-state index contributed by atoms with van der Waals surface area (Å²) in [7, 11) is -2.01. The van der Waals surface area contributed by atoms with Gasteiger partial charge in [-0.1, -0.05) is 0 Å². The zero-order valence-electron chi connectivity index (χ0n) is 17.9. The van der Waals surface area contributed by atoms with Gasteiger partial charge in [0.1, 0.15) is 0 Å². The summed E-state index contributed by atoms with van der Waals surface area (Å²) in [6, 6.07) is 0.173. The molecule has 2 saturated heterocycles. The van der Waals surface area contributed by atoms with E-state index in [2.05, 4.69) is 20.3 Å². The molecule has 176 valence electrons. The van der Waals surface area contributed by atoms with Crippen LogP contribution >= 0.6 is 24.0 Å². The third-order valence-corrected chi connectivity index (χ3v) is 6.37. The molecule has 12 heteroatoms. The van der Waals surface area contributed by atoms with E-state index in [4.69, 9.17) is 9.47 Å². The van der Waals surface area contributed by atoms with Gasteiger partial charge in [-0.15, -0.1) is 24.0 Å². The number of nitrogens with one attached hydrogen (secondary N) is 3. The molecule has 2 rings (SSSR count). The lowest BCUT2D eigenvalue weighted by atomic mass is 10.1. The molecule has 0 bridgehead atoms. The summed E-state index contributed by atoms with van der Waals surface area (Å²) in [5, 5.41) is 6.47. The molecule has 1 unspecified atom stereocenters. The van der Waals surface area contributed by atoms with Crippen molar-refractivity contribution >= 4 is 46.1 Å². The SMILES string of the molecule is CCNC(=NCCS(=O)(=O)NCC1CCCCO1)NC1CCN(C(=O)OC)CC1.I. The van der Waals surface area contributed by atoms with E-state index in [1.807, 2.05) is 6.92 Å². The van der Waals surface area contributed by atoms with Gasteiger partial charge in [-0.3, -0.25) is 4.99 Å². The lowest BCUT2D eigenvalue weighted by molar-refractivity contribution is 0.0200. The van der Waals surface area contributed by atoms with E-state index in [-0.39, 0.29) is 54.5 Å². The molecule has 0 aromatic rings. The van der Waals surface area contributed by atoms with Gasteiger partial charge in [0.15, 0.2) is 5.96 Å². The number of carbonyl (C=O) groups is 1. The molecule has 0 aromatic carbocycles. The van der Waals surface area contributed by atoms with Crippen LogP contribution in [0.25, 0.3) is 0 Å². The second-order valence-electron chi connectivity index (χ2n) is 7.29. The van der Waals surface area contributed by atoms with Crippen LogP contribution in [0.5, 0.6) is 0 Å². The van der Waals surface area contributed by atoms with E-state index in [0.29, 0.717) is 38.7 Å². The van der Waals surface area contributed by atoms with E-state index in [0.717, 1.165) is 32.1 Å². The number of sulfonamides is 1. The monoisotopic (exact) mass is 561 g/mol. The van der Waals surface area contributed by atoms with Crippen LogP contribution in [0.1, 0.15) is 39.0 Å². The fourth-order valence-electron chi connectivity index (χ4n) is 3.39. The molecule has 10 nitrogen and oxygen atoms in total. The van der Waals surface area contributed by atoms with Gasteiger partial charge in [0, 0.05) is 38.8 Å². The Morgan fingerprint density at radius 2 is 1.97 bits per heavy atom. The molecule has 0 radical (unpaired) electrons. The topological polar surface area (TPSA) is 121 Å². The molecular weight excluding hydrogens is 525 g/mol. The highest BCUT2D eigenvalue weighted by Gasteiger charge is 2.24. The van der Waals surface area contributed by atoms with Crippen molar-refractivity contribution in [2.45, 2.75) is 51.2 Å². The van der Waals surface area contributed by atoms with Crippen LogP contribution in [0.2, 0.25) is 0 Å². The second-order valence-corrected chi connectivity index (χ2v) is 9.22. The number of amides is 1. The largest absolute Gasteiger partial charge is 0.453 e. The number of aliphatic imine (C=N–C) groups is 1. The first-order chi connectivity index (χ1) is 13.9. The number of hydrogen-bond donors (Lipinski definition) is 3. The first kappa shape index (κ1) is 27.2. The van der Waals surface area contributed by atoms with E-state index in [1.165, 1.54) is 7.11 Å². The number of methoxy groups -OCH3 is 1. The van der Waals surface area contributed by atoms with Crippen molar-refractivity contribution < 1.29 is 22.7 Å². The maximum atomic E-state index is 12.2.